The van der Waals surface area contributed by atoms with Gasteiger partial charge in [0.1, 0.15) is 0 Å². The second-order valence-electron chi connectivity index (χ2n) is 6.82. The number of nitrogens with zero attached hydrogens (tertiary/aromatic N) is 2. The first-order chi connectivity index (χ1) is 13.8. The third-order valence-corrected chi connectivity index (χ3v) is 4.70. The molecule has 154 valence electrons. The van der Waals surface area contributed by atoms with E-state index in [0.29, 0.717) is 29.2 Å². The Balaban J connectivity index is 1.86. The minimum Gasteiger partial charge on any atom is -0.352 e. The standard InChI is InChI=1S/C22H26ClN3O3/c1-4-26(15-16-5-7-18(8-6-16)22(29)25(2)3)20(27)13-14-24-21(28)17-9-11-19(23)12-10-17/h5-12H,4,13-15H2,1-3H3,(H,24,28). The molecule has 0 aliphatic rings. The average molecular weight is 416 g/mol. The Morgan fingerprint density at radius 1 is 0.931 bits per heavy atom. The maximum atomic E-state index is 12.5. The monoisotopic (exact) mass is 415 g/mol. The molecule has 0 bridgehead atoms. The zero-order valence-electron chi connectivity index (χ0n) is 16.9. The van der Waals surface area contributed by atoms with Crippen LogP contribution in [0.4, 0.5) is 0 Å². The van der Waals surface area contributed by atoms with Gasteiger partial charge in [-0.2, -0.15) is 0 Å². The van der Waals surface area contributed by atoms with E-state index in [4.69, 9.17) is 11.6 Å². The van der Waals surface area contributed by atoms with Crippen molar-refractivity contribution >= 4 is 29.3 Å². The summed E-state index contributed by atoms with van der Waals surface area (Å²) in [6.45, 7) is 3.18. The summed E-state index contributed by atoms with van der Waals surface area (Å²) >= 11 is 5.82. The van der Waals surface area contributed by atoms with Crippen LogP contribution < -0.4 is 5.32 Å². The molecule has 0 saturated carbocycles. The minimum atomic E-state index is -0.237. The van der Waals surface area contributed by atoms with Crippen LogP contribution in [0, 0.1) is 0 Å². The van der Waals surface area contributed by atoms with E-state index in [-0.39, 0.29) is 30.7 Å². The summed E-state index contributed by atoms with van der Waals surface area (Å²) in [6, 6.07) is 13.8. The van der Waals surface area contributed by atoms with Gasteiger partial charge in [0.05, 0.1) is 0 Å². The maximum absolute atomic E-state index is 12.5. The Morgan fingerprint density at radius 3 is 2.07 bits per heavy atom. The molecule has 6 nitrogen and oxygen atoms in total. The third-order valence-electron chi connectivity index (χ3n) is 4.45. The highest BCUT2D eigenvalue weighted by Gasteiger charge is 2.14. The van der Waals surface area contributed by atoms with Crippen LogP contribution in [0.15, 0.2) is 48.5 Å². The first-order valence-corrected chi connectivity index (χ1v) is 9.81. The Bertz CT molecular complexity index is 849. The lowest BCUT2D eigenvalue weighted by Crippen LogP contribution is -2.34. The second-order valence-corrected chi connectivity index (χ2v) is 7.25. The van der Waals surface area contributed by atoms with E-state index in [1.54, 1.807) is 55.4 Å². The number of hydrogen-bond donors (Lipinski definition) is 1. The number of rotatable bonds is 8. The van der Waals surface area contributed by atoms with Crippen molar-refractivity contribution in [3.63, 3.8) is 0 Å². The molecule has 7 heteroatoms. The van der Waals surface area contributed by atoms with Crippen LogP contribution in [0.3, 0.4) is 0 Å². The van der Waals surface area contributed by atoms with Crippen molar-refractivity contribution in [2.24, 2.45) is 0 Å². The molecule has 2 aromatic rings. The van der Waals surface area contributed by atoms with Gasteiger partial charge in [0.2, 0.25) is 5.91 Å². The van der Waals surface area contributed by atoms with Gasteiger partial charge in [0, 0.05) is 56.3 Å². The number of hydrogen-bond acceptors (Lipinski definition) is 3. The predicted octanol–water partition coefficient (Wildman–Crippen LogP) is 3.21. The Kier molecular flexibility index (Phi) is 8.21. The molecule has 0 saturated heterocycles. The molecule has 0 heterocycles. The van der Waals surface area contributed by atoms with E-state index in [2.05, 4.69) is 5.32 Å². The smallest absolute Gasteiger partial charge is 0.253 e. The zero-order chi connectivity index (χ0) is 21.4. The second kappa shape index (κ2) is 10.6. The lowest BCUT2D eigenvalue weighted by molar-refractivity contribution is -0.131. The van der Waals surface area contributed by atoms with Gasteiger partial charge < -0.3 is 15.1 Å². The summed E-state index contributed by atoms with van der Waals surface area (Å²) in [4.78, 5) is 39.8. The van der Waals surface area contributed by atoms with Crippen molar-refractivity contribution < 1.29 is 14.4 Å². The first-order valence-electron chi connectivity index (χ1n) is 9.44. The van der Waals surface area contributed by atoms with E-state index in [1.165, 1.54) is 4.90 Å². The van der Waals surface area contributed by atoms with Crippen LogP contribution in [0.1, 0.15) is 39.6 Å². The number of benzene rings is 2. The fourth-order valence-corrected chi connectivity index (χ4v) is 2.88. The molecule has 0 atom stereocenters. The highest BCUT2D eigenvalue weighted by Crippen LogP contribution is 2.11. The molecular formula is C22H26ClN3O3. The number of halogens is 1. The Morgan fingerprint density at radius 2 is 1.52 bits per heavy atom. The summed E-state index contributed by atoms with van der Waals surface area (Å²) in [5, 5.41) is 3.32. The van der Waals surface area contributed by atoms with Crippen LogP contribution >= 0.6 is 11.6 Å². The van der Waals surface area contributed by atoms with E-state index in [0.717, 1.165) is 5.56 Å². The summed E-state index contributed by atoms with van der Waals surface area (Å²) in [5.74, 6) is -0.340. The van der Waals surface area contributed by atoms with Crippen LogP contribution in [-0.2, 0) is 11.3 Å². The number of carbonyl (C=O) groups excluding carboxylic acids is 3. The van der Waals surface area contributed by atoms with Gasteiger partial charge in [0.15, 0.2) is 0 Å². The normalized spacial score (nSPS) is 10.3. The largest absolute Gasteiger partial charge is 0.352 e. The third kappa shape index (κ3) is 6.61. The fourth-order valence-electron chi connectivity index (χ4n) is 2.75. The van der Waals surface area contributed by atoms with Crippen molar-refractivity contribution in [2.45, 2.75) is 19.9 Å². The maximum Gasteiger partial charge on any atom is 0.253 e. The molecule has 3 amide bonds. The molecule has 0 unspecified atom stereocenters. The zero-order valence-corrected chi connectivity index (χ0v) is 17.7. The van der Waals surface area contributed by atoms with Crippen LogP contribution in [-0.4, -0.2) is 54.7 Å². The first kappa shape index (κ1) is 22.4. The summed E-state index contributed by atoms with van der Waals surface area (Å²) < 4.78 is 0. The molecule has 0 radical (unpaired) electrons. The van der Waals surface area contributed by atoms with Crippen LogP contribution in [0.5, 0.6) is 0 Å². The van der Waals surface area contributed by atoms with E-state index < -0.39 is 0 Å². The van der Waals surface area contributed by atoms with Crippen molar-refractivity contribution in [1.29, 1.82) is 0 Å². The Hall–Kier alpha value is -2.86. The molecule has 29 heavy (non-hydrogen) atoms. The van der Waals surface area contributed by atoms with E-state index in [9.17, 15) is 14.4 Å². The topological polar surface area (TPSA) is 69.7 Å². The average Bonchev–Trinajstić information content (AvgIpc) is 2.72. The molecule has 0 spiro atoms. The quantitative estimate of drug-likeness (QED) is 0.719. The molecule has 0 fully saturated rings. The van der Waals surface area contributed by atoms with Gasteiger partial charge in [-0.1, -0.05) is 23.7 Å². The van der Waals surface area contributed by atoms with Crippen LogP contribution in [0.2, 0.25) is 5.02 Å². The summed E-state index contributed by atoms with van der Waals surface area (Å²) in [5.41, 5.74) is 2.06. The van der Waals surface area contributed by atoms with Gasteiger partial charge in [-0.15, -0.1) is 0 Å². The number of nitrogens with one attached hydrogen (secondary N) is 1. The fraction of sp³-hybridized carbons (Fsp3) is 0.318. The molecule has 0 aromatic heterocycles. The molecule has 2 rings (SSSR count). The lowest BCUT2D eigenvalue weighted by atomic mass is 10.1. The van der Waals surface area contributed by atoms with Crippen molar-refractivity contribution in [2.75, 3.05) is 27.2 Å². The minimum absolute atomic E-state index is 0.0441. The van der Waals surface area contributed by atoms with E-state index >= 15 is 0 Å². The molecular weight excluding hydrogens is 390 g/mol. The van der Waals surface area contributed by atoms with Gasteiger partial charge >= 0.3 is 0 Å². The van der Waals surface area contributed by atoms with Crippen molar-refractivity contribution in [1.82, 2.24) is 15.1 Å². The van der Waals surface area contributed by atoms with Crippen molar-refractivity contribution in [3.05, 3.63) is 70.2 Å². The van der Waals surface area contributed by atoms with Gasteiger partial charge in [-0.3, -0.25) is 14.4 Å². The molecule has 0 aliphatic carbocycles. The molecule has 1 N–H and O–H groups in total. The molecule has 0 aliphatic heterocycles. The highest BCUT2D eigenvalue weighted by atomic mass is 35.5. The Labute approximate surface area is 176 Å². The van der Waals surface area contributed by atoms with E-state index in [1.807, 2.05) is 19.1 Å². The summed E-state index contributed by atoms with van der Waals surface area (Å²) in [7, 11) is 3.42. The SMILES string of the molecule is CCN(Cc1ccc(C(=O)N(C)C)cc1)C(=O)CCNC(=O)c1ccc(Cl)cc1. The van der Waals surface area contributed by atoms with Gasteiger partial charge in [0.25, 0.3) is 11.8 Å². The van der Waals surface area contributed by atoms with Crippen LogP contribution in [0.25, 0.3) is 0 Å². The number of carbonyl (C=O) groups is 3. The van der Waals surface area contributed by atoms with Gasteiger partial charge in [-0.25, -0.2) is 0 Å². The predicted molar refractivity (Wildman–Crippen MR) is 114 cm³/mol. The summed E-state index contributed by atoms with van der Waals surface area (Å²) in [6.07, 6.45) is 0.213. The lowest BCUT2D eigenvalue weighted by Gasteiger charge is -2.21. The van der Waals surface area contributed by atoms with Crippen molar-refractivity contribution in [3.8, 4) is 0 Å². The van der Waals surface area contributed by atoms with Gasteiger partial charge in [-0.05, 0) is 48.9 Å². The molecule has 2 aromatic carbocycles. The highest BCUT2D eigenvalue weighted by molar-refractivity contribution is 6.30. The number of amides is 3.